The van der Waals surface area contributed by atoms with Gasteiger partial charge >= 0.3 is 0 Å². The summed E-state index contributed by atoms with van der Waals surface area (Å²) in [6.07, 6.45) is 0.959. The Labute approximate surface area is 240 Å². The quantitative estimate of drug-likeness (QED) is 0.186. The van der Waals surface area contributed by atoms with Gasteiger partial charge in [0.25, 0.3) is 5.91 Å². The number of fused-ring (bicyclic) bond motifs is 1. The molecule has 4 atom stereocenters. The molecule has 0 saturated carbocycles. The first-order chi connectivity index (χ1) is 19.2. The van der Waals surface area contributed by atoms with E-state index in [4.69, 9.17) is 17.4 Å². The van der Waals surface area contributed by atoms with Crippen LogP contribution in [0.15, 0.2) is 85.1 Å². The minimum atomic E-state index is -1.78. The Hall–Kier alpha value is -3.53. The molecule has 9 heteroatoms. The van der Waals surface area contributed by atoms with E-state index in [0.29, 0.717) is 24.0 Å². The van der Waals surface area contributed by atoms with Crippen molar-refractivity contribution in [3.63, 3.8) is 0 Å². The van der Waals surface area contributed by atoms with Crippen molar-refractivity contribution in [1.29, 1.82) is 0 Å². The number of amides is 1. The fourth-order valence-corrected chi connectivity index (χ4v) is 4.76. The highest BCUT2D eigenvalue weighted by atomic mass is 35.5. The lowest BCUT2D eigenvalue weighted by molar-refractivity contribution is -0.150. The third kappa shape index (κ3) is 7.56. The van der Waals surface area contributed by atoms with Crippen molar-refractivity contribution in [2.24, 2.45) is 5.84 Å². The molecule has 4 rings (SSSR count). The van der Waals surface area contributed by atoms with Crippen molar-refractivity contribution in [3.8, 4) is 0 Å². The number of nitrogens with one attached hydrogen (secondary N) is 1. The topological polar surface area (TPSA) is 119 Å². The first-order valence-corrected chi connectivity index (χ1v) is 13.5. The Balaban J connectivity index is 0.000000252. The van der Waals surface area contributed by atoms with E-state index in [2.05, 4.69) is 24.4 Å². The molecule has 0 spiro atoms. The summed E-state index contributed by atoms with van der Waals surface area (Å²) in [4.78, 5) is 24.9. The molecule has 0 aromatic heterocycles. The number of hydrogen-bond donors (Lipinski definition) is 4. The number of benzene rings is 3. The molecule has 3 aromatic carbocycles. The van der Waals surface area contributed by atoms with Crippen LogP contribution in [0.2, 0.25) is 5.02 Å². The molecule has 212 valence electrons. The predicted molar refractivity (Wildman–Crippen MR) is 159 cm³/mol. The van der Waals surface area contributed by atoms with E-state index >= 15 is 0 Å². The minimum Gasteiger partial charge on any atom is -0.382 e. The number of carbonyl (C=O) groups excluding carboxylic acids is 2. The summed E-state index contributed by atoms with van der Waals surface area (Å²) in [6.45, 7) is 4.42. The van der Waals surface area contributed by atoms with Gasteiger partial charge < -0.3 is 25.2 Å². The van der Waals surface area contributed by atoms with Crippen LogP contribution in [0.5, 0.6) is 0 Å². The lowest BCUT2D eigenvalue weighted by Crippen LogP contribution is -2.49. The maximum absolute atomic E-state index is 12.7. The maximum Gasteiger partial charge on any atom is 0.255 e. The van der Waals surface area contributed by atoms with Crippen LogP contribution in [0.3, 0.4) is 0 Å². The molecule has 5 N–H and O–H groups in total. The average molecular weight is 565 g/mol. The number of allylic oxidation sites excluding steroid dienone is 1. The number of aliphatic hydroxyl groups is 2. The maximum atomic E-state index is 12.7. The van der Waals surface area contributed by atoms with Crippen molar-refractivity contribution < 1.29 is 19.8 Å². The predicted octanol–water partition coefficient (Wildman–Crippen LogP) is 3.92. The second-order valence-electron chi connectivity index (χ2n) is 9.50. The Morgan fingerprint density at radius 2 is 1.80 bits per heavy atom. The lowest BCUT2D eigenvalue weighted by atomic mass is 9.87. The second-order valence-corrected chi connectivity index (χ2v) is 9.94. The highest BCUT2D eigenvalue weighted by molar-refractivity contribution is 6.30. The molecule has 1 amide bonds. The molecule has 1 aliphatic heterocycles. The van der Waals surface area contributed by atoms with E-state index in [1.807, 2.05) is 80.8 Å². The van der Waals surface area contributed by atoms with Gasteiger partial charge in [0.05, 0.1) is 11.7 Å². The number of aliphatic hydroxyl groups excluding tert-OH is 2. The number of hydrazine groups is 1. The fraction of sp³-hybridized carbons (Fsp3) is 0.290. The standard InChI is InChI=1S/C19H18ClNO4.C12H19N3/c20-14-6-7-15-13(10-14)8-9-21(19(25)18(24)16(23)11-22)17(15)12-4-2-1-3-5-12;1-4-9-15(13)12-7-5-11(6-8-12)10(2)14-3/h1-7,10-11,16-18,23-24H,8-9H2;4-10,14H,13H2,1-3H3/b;9-4-/t16-,17?,18+;/m0./s1. The number of hydrogen-bond acceptors (Lipinski definition) is 7. The zero-order valence-corrected chi connectivity index (χ0v) is 23.7. The minimum absolute atomic E-state index is 0.164. The van der Waals surface area contributed by atoms with Crippen LogP contribution in [-0.4, -0.2) is 53.1 Å². The van der Waals surface area contributed by atoms with Crippen molar-refractivity contribution in [2.45, 2.75) is 44.6 Å². The smallest absolute Gasteiger partial charge is 0.255 e. The summed E-state index contributed by atoms with van der Waals surface area (Å²) in [5, 5.41) is 25.0. The molecule has 8 nitrogen and oxygen atoms in total. The number of anilines is 1. The van der Waals surface area contributed by atoms with Gasteiger partial charge in [-0.3, -0.25) is 9.80 Å². The summed E-state index contributed by atoms with van der Waals surface area (Å²) in [7, 11) is 1.95. The third-order valence-corrected chi connectivity index (χ3v) is 7.12. The molecule has 40 heavy (non-hydrogen) atoms. The van der Waals surface area contributed by atoms with Crippen molar-refractivity contribution in [1.82, 2.24) is 10.2 Å². The number of nitrogens with zero attached hydrogens (tertiary/aromatic N) is 2. The molecule has 0 fully saturated rings. The number of carbonyl (C=O) groups is 2. The Kier molecular flexibility index (Phi) is 11.4. The Morgan fingerprint density at radius 1 is 1.12 bits per heavy atom. The van der Waals surface area contributed by atoms with E-state index in [9.17, 15) is 19.8 Å². The molecule has 2 unspecified atom stereocenters. The van der Waals surface area contributed by atoms with Gasteiger partial charge in [0, 0.05) is 23.8 Å². The highest BCUT2D eigenvalue weighted by Gasteiger charge is 2.37. The first kappa shape index (κ1) is 31.0. The zero-order chi connectivity index (χ0) is 29.2. The molecule has 1 heterocycles. The largest absolute Gasteiger partial charge is 0.382 e. The van der Waals surface area contributed by atoms with E-state index in [0.717, 1.165) is 22.4 Å². The normalized spacial score (nSPS) is 16.8. The van der Waals surface area contributed by atoms with E-state index < -0.39 is 24.2 Å². The molecule has 3 aromatic rings. The van der Waals surface area contributed by atoms with Crippen molar-refractivity contribution >= 4 is 29.5 Å². The van der Waals surface area contributed by atoms with Crippen molar-refractivity contribution in [3.05, 3.63) is 112 Å². The van der Waals surface area contributed by atoms with Crippen LogP contribution < -0.4 is 16.2 Å². The van der Waals surface area contributed by atoms with Crippen LogP contribution in [-0.2, 0) is 16.0 Å². The SMILES string of the molecule is C/C=C\N(N)c1ccc(C(C)NC)cc1.O=C[C@H](O)[C@@H](O)C(=O)N1CCc2cc(Cl)ccc2C1c1ccccc1. The van der Waals surface area contributed by atoms with Crippen LogP contribution >= 0.6 is 11.6 Å². The van der Waals surface area contributed by atoms with Gasteiger partial charge in [0.1, 0.15) is 6.10 Å². The van der Waals surface area contributed by atoms with Gasteiger partial charge in [-0.25, -0.2) is 5.84 Å². The zero-order valence-electron chi connectivity index (χ0n) is 22.9. The Morgan fingerprint density at radius 3 is 2.40 bits per heavy atom. The van der Waals surface area contributed by atoms with Gasteiger partial charge in [-0.2, -0.15) is 0 Å². The van der Waals surface area contributed by atoms with Crippen LogP contribution in [0.25, 0.3) is 0 Å². The summed E-state index contributed by atoms with van der Waals surface area (Å²) in [5.74, 6) is 5.12. The fourth-order valence-electron chi connectivity index (χ4n) is 4.57. The van der Waals surface area contributed by atoms with Crippen LogP contribution in [0.1, 0.15) is 48.2 Å². The number of halogens is 1. The van der Waals surface area contributed by atoms with Gasteiger partial charge in [-0.05, 0) is 73.8 Å². The van der Waals surface area contributed by atoms with Gasteiger partial charge in [0.2, 0.25) is 0 Å². The average Bonchev–Trinajstić information content (AvgIpc) is 2.99. The molecule has 1 aliphatic rings. The molecule has 0 saturated heterocycles. The van der Waals surface area contributed by atoms with Crippen LogP contribution in [0, 0.1) is 0 Å². The number of rotatable bonds is 8. The van der Waals surface area contributed by atoms with E-state index in [1.165, 1.54) is 10.5 Å². The summed E-state index contributed by atoms with van der Waals surface area (Å²) < 4.78 is 0. The van der Waals surface area contributed by atoms with Crippen LogP contribution in [0.4, 0.5) is 5.69 Å². The summed E-state index contributed by atoms with van der Waals surface area (Å²) in [6, 6.07) is 23.1. The number of nitrogens with two attached hydrogens (primary N) is 1. The molecule has 0 bridgehead atoms. The van der Waals surface area contributed by atoms with Gasteiger partial charge in [0.15, 0.2) is 12.4 Å². The van der Waals surface area contributed by atoms with Gasteiger partial charge in [-0.1, -0.05) is 66.2 Å². The molecular formula is C31H37ClN4O4. The summed E-state index contributed by atoms with van der Waals surface area (Å²) >= 11 is 6.09. The monoisotopic (exact) mass is 564 g/mol. The summed E-state index contributed by atoms with van der Waals surface area (Å²) in [5.41, 5.74) is 5.08. The molecule has 0 aliphatic carbocycles. The lowest BCUT2D eigenvalue weighted by Gasteiger charge is -2.39. The van der Waals surface area contributed by atoms with E-state index in [1.54, 1.807) is 11.1 Å². The third-order valence-electron chi connectivity index (χ3n) is 6.88. The first-order valence-electron chi connectivity index (χ1n) is 13.1. The van der Waals surface area contributed by atoms with E-state index in [-0.39, 0.29) is 6.29 Å². The van der Waals surface area contributed by atoms with Crippen molar-refractivity contribution in [2.75, 3.05) is 18.6 Å². The Bertz CT molecular complexity index is 1290. The molecule has 0 radical (unpaired) electrons. The second kappa shape index (κ2) is 14.7. The highest BCUT2D eigenvalue weighted by Crippen LogP contribution is 2.36. The van der Waals surface area contributed by atoms with Gasteiger partial charge in [-0.15, -0.1) is 0 Å². The number of aldehydes is 1. The molecular weight excluding hydrogens is 528 g/mol.